The highest BCUT2D eigenvalue weighted by atomic mass is 79.9. The normalized spacial score (nSPS) is 12.3. The smallest absolute Gasteiger partial charge is 0.216 e. The van der Waals surface area contributed by atoms with Gasteiger partial charge in [0.15, 0.2) is 0 Å². The van der Waals surface area contributed by atoms with Crippen LogP contribution in [0.15, 0.2) is 95.5 Å². The Labute approximate surface area is 221 Å². The molecule has 0 aliphatic carbocycles. The van der Waals surface area contributed by atoms with Gasteiger partial charge in [0.2, 0.25) is 5.88 Å². The Morgan fingerprint density at radius 3 is 2.39 bits per heavy atom. The van der Waals surface area contributed by atoms with Gasteiger partial charge in [0.05, 0.1) is 18.2 Å². The van der Waals surface area contributed by atoms with Crippen LogP contribution in [0.3, 0.4) is 0 Å². The largest absolute Gasteiger partial charge is 0.481 e. The number of ether oxygens (including phenoxy) is 1. The monoisotopic (exact) mass is 540 g/mol. The molecule has 2 N–H and O–H groups in total. The molecule has 0 saturated carbocycles. The number of aromatic nitrogens is 1. The van der Waals surface area contributed by atoms with E-state index in [1.165, 1.54) is 0 Å². The molecule has 4 aromatic carbocycles. The lowest BCUT2D eigenvalue weighted by Gasteiger charge is -2.31. The molecule has 1 heterocycles. The van der Waals surface area contributed by atoms with Crippen LogP contribution in [0, 0.1) is 12.1 Å². The van der Waals surface area contributed by atoms with E-state index >= 15 is 0 Å². The molecule has 0 saturated heterocycles. The molecule has 1 atom stereocenters. The Kier molecular flexibility index (Phi) is 8.56. The number of nitrogens with zero attached hydrogens (tertiary/aromatic N) is 1. The second-order valence-corrected chi connectivity index (χ2v) is 9.51. The molecule has 0 unspecified atom stereocenters. The van der Waals surface area contributed by atoms with E-state index in [-0.39, 0.29) is 0 Å². The number of nitrogens with one attached hydrogen (secondary N) is 1. The van der Waals surface area contributed by atoms with Crippen molar-refractivity contribution in [2.24, 2.45) is 0 Å². The van der Waals surface area contributed by atoms with Crippen molar-refractivity contribution in [2.75, 3.05) is 20.7 Å². The molecule has 4 nitrogen and oxygen atoms in total. The van der Waals surface area contributed by atoms with Gasteiger partial charge in [-0.2, -0.15) is 0 Å². The molecule has 5 aromatic rings. The fraction of sp³-hybridized carbons (Fsp3) is 0.194. The van der Waals surface area contributed by atoms with E-state index in [9.17, 15) is 5.11 Å². The maximum atomic E-state index is 12.0. The molecule has 5 heteroatoms. The van der Waals surface area contributed by atoms with Crippen LogP contribution >= 0.6 is 15.9 Å². The minimum atomic E-state index is -1.07. The minimum absolute atomic E-state index is 0.404. The van der Waals surface area contributed by atoms with E-state index in [1.54, 1.807) is 7.11 Å². The van der Waals surface area contributed by atoms with Crippen molar-refractivity contribution in [1.29, 1.82) is 0 Å². The van der Waals surface area contributed by atoms with Gasteiger partial charge in [0.1, 0.15) is 0 Å². The summed E-state index contributed by atoms with van der Waals surface area (Å²) in [6, 6.07) is 35.3. The molecular weight excluding hydrogens is 512 g/mol. The molecule has 5 rings (SSSR count). The zero-order chi connectivity index (χ0) is 25.4. The molecule has 0 fully saturated rings. The standard InChI is InChI=1S/C25H25BrN2O2.C6H4/c1-27-13-12-25(29,22-9-5-7-17-6-3-4-8-21(17)22)16-19-14-18-15-20(26)10-11-23(18)28-24(19)30-2;1-2-4-6-5-3-1/h3-11,14-15,27,29H,12-13,16H2,1-2H3;1-4H/t25-;/m1./s1. The quantitative estimate of drug-likeness (QED) is 0.248. The summed E-state index contributed by atoms with van der Waals surface area (Å²) in [4.78, 5) is 4.69. The highest BCUT2D eigenvalue weighted by molar-refractivity contribution is 9.10. The Morgan fingerprint density at radius 2 is 1.69 bits per heavy atom. The summed E-state index contributed by atoms with van der Waals surface area (Å²) in [7, 11) is 3.53. The highest BCUT2D eigenvalue weighted by Crippen LogP contribution is 2.37. The lowest BCUT2D eigenvalue weighted by molar-refractivity contribution is 0.0293. The zero-order valence-corrected chi connectivity index (χ0v) is 22.0. The summed E-state index contributed by atoms with van der Waals surface area (Å²) >= 11 is 3.54. The molecule has 36 heavy (non-hydrogen) atoms. The van der Waals surface area contributed by atoms with Gasteiger partial charge in [0.25, 0.3) is 0 Å². The SMILES string of the molecule is CNCC[C@@](O)(Cc1cc2cc(Br)ccc2nc1OC)c1cccc2ccccc12.c1ccccc#1. The van der Waals surface area contributed by atoms with Gasteiger partial charge in [-0.1, -0.05) is 82.7 Å². The fourth-order valence-electron chi connectivity index (χ4n) is 4.38. The van der Waals surface area contributed by atoms with E-state index in [4.69, 9.17) is 4.74 Å². The fourth-order valence-corrected chi connectivity index (χ4v) is 4.76. The third-order valence-electron chi connectivity index (χ3n) is 6.13. The van der Waals surface area contributed by atoms with Crippen LogP contribution in [-0.4, -0.2) is 30.8 Å². The minimum Gasteiger partial charge on any atom is -0.481 e. The lowest BCUT2D eigenvalue weighted by atomic mass is 9.82. The van der Waals surface area contributed by atoms with Crippen molar-refractivity contribution in [3.8, 4) is 5.88 Å². The van der Waals surface area contributed by atoms with Gasteiger partial charge < -0.3 is 15.2 Å². The van der Waals surface area contributed by atoms with Crippen LogP contribution in [0.25, 0.3) is 21.7 Å². The third-order valence-corrected chi connectivity index (χ3v) is 6.62. The van der Waals surface area contributed by atoms with Crippen molar-refractivity contribution in [3.05, 3.63) is 119 Å². The number of hydrogen-bond acceptors (Lipinski definition) is 4. The van der Waals surface area contributed by atoms with Crippen LogP contribution < -0.4 is 10.1 Å². The number of rotatable bonds is 7. The summed E-state index contributed by atoms with van der Waals surface area (Å²) in [5.41, 5.74) is 1.60. The zero-order valence-electron chi connectivity index (χ0n) is 20.5. The average Bonchev–Trinajstić information content (AvgIpc) is 2.92. The summed E-state index contributed by atoms with van der Waals surface area (Å²) in [6.45, 7) is 0.689. The highest BCUT2D eigenvalue weighted by Gasteiger charge is 2.32. The topological polar surface area (TPSA) is 54.4 Å². The van der Waals surface area contributed by atoms with Crippen molar-refractivity contribution in [3.63, 3.8) is 0 Å². The van der Waals surface area contributed by atoms with Crippen LogP contribution in [0.4, 0.5) is 0 Å². The van der Waals surface area contributed by atoms with Crippen LogP contribution in [0.5, 0.6) is 5.88 Å². The molecule has 1 aromatic heterocycles. The molecule has 0 bridgehead atoms. The van der Waals surface area contributed by atoms with Gasteiger partial charge in [-0.3, -0.25) is 0 Å². The maximum Gasteiger partial charge on any atom is 0.216 e. The summed E-state index contributed by atoms with van der Waals surface area (Å²) < 4.78 is 6.60. The van der Waals surface area contributed by atoms with Gasteiger partial charge >= 0.3 is 0 Å². The van der Waals surface area contributed by atoms with Gasteiger partial charge in [0, 0.05) is 21.8 Å². The number of fused-ring (bicyclic) bond motifs is 2. The first-order valence-electron chi connectivity index (χ1n) is 11.9. The predicted octanol–water partition coefficient (Wildman–Crippen LogP) is 6.49. The molecule has 0 radical (unpaired) electrons. The number of methoxy groups -OCH3 is 1. The van der Waals surface area contributed by atoms with Crippen molar-refractivity contribution in [2.45, 2.75) is 18.4 Å². The second kappa shape index (κ2) is 12.0. The first-order chi connectivity index (χ1) is 17.5. The number of aliphatic hydroxyl groups is 1. The van der Waals surface area contributed by atoms with E-state index < -0.39 is 5.60 Å². The van der Waals surface area contributed by atoms with Gasteiger partial charge in [-0.25, -0.2) is 4.98 Å². The van der Waals surface area contributed by atoms with E-state index in [0.29, 0.717) is 25.3 Å². The molecular formula is C31H29BrN2O2. The Hall–Kier alpha value is -3.43. The first kappa shape index (κ1) is 25.7. The van der Waals surface area contributed by atoms with Crippen molar-refractivity contribution in [1.82, 2.24) is 10.3 Å². The second-order valence-electron chi connectivity index (χ2n) is 8.59. The number of halogens is 1. The summed E-state index contributed by atoms with van der Waals surface area (Å²) in [6.07, 6.45) is 0.971. The van der Waals surface area contributed by atoms with E-state index in [2.05, 4.69) is 62.6 Å². The van der Waals surface area contributed by atoms with Crippen LogP contribution in [-0.2, 0) is 12.0 Å². The van der Waals surface area contributed by atoms with Gasteiger partial charge in [-0.05, 0) is 72.7 Å². The Balaban J connectivity index is 0.000000445. The maximum absolute atomic E-state index is 12.0. The average molecular weight is 541 g/mol. The number of benzene rings is 3. The first-order valence-corrected chi connectivity index (χ1v) is 12.6. The van der Waals surface area contributed by atoms with Crippen LogP contribution in [0.2, 0.25) is 0 Å². The number of pyridine rings is 1. The van der Waals surface area contributed by atoms with Crippen LogP contribution in [0.1, 0.15) is 17.5 Å². The molecule has 0 amide bonds. The Bertz CT molecular complexity index is 1390. The molecule has 182 valence electrons. The summed E-state index contributed by atoms with van der Waals surface area (Å²) in [5.74, 6) is 0.549. The van der Waals surface area contributed by atoms with Gasteiger partial charge in [-0.15, -0.1) is 0 Å². The number of hydrogen-bond donors (Lipinski definition) is 2. The molecule has 0 aliphatic heterocycles. The summed E-state index contributed by atoms with van der Waals surface area (Å²) in [5, 5.41) is 18.3. The molecule has 0 aliphatic rings. The third kappa shape index (κ3) is 6.03. The van der Waals surface area contributed by atoms with Crippen molar-refractivity contribution >= 4 is 37.6 Å². The van der Waals surface area contributed by atoms with E-state index in [1.807, 2.05) is 73.8 Å². The van der Waals surface area contributed by atoms with E-state index in [0.717, 1.165) is 37.3 Å². The predicted molar refractivity (Wildman–Crippen MR) is 150 cm³/mol. The molecule has 0 spiro atoms. The van der Waals surface area contributed by atoms with Crippen molar-refractivity contribution < 1.29 is 9.84 Å². The Morgan fingerprint density at radius 1 is 0.944 bits per heavy atom. The lowest BCUT2D eigenvalue weighted by Crippen LogP contribution is -2.33.